The molecule has 150 valence electrons. The van der Waals surface area contributed by atoms with Crippen molar-refractivity contribution in [3.8, 4) is 0 Å². The highest BCUT2D eigenvalue weighted by atomic mass is 16.6. The van der Waals surface area contributed by atoms with Gasteiger partial charge in [0, 0.05) is 17.5 Å². The van der Waals surface area contributed by atoms with Gasteiger partial charge in [0.15, 0.2) is 0 Å². The van der Waals surface area contributed by atoms with Crippen LogP contribution in [-0.4, -0.2) is 29.6 Å². The molecule has 1 atom stereocenters. The van der Waals surface area contributed by atoms with Crippen LogP contribution in [0.25, 0.3) is 10.8 Å². The van der Waals surface area contributed by atoms with Gasteiger partial charge < -0.3 is 9.47 Å². The van der Waals surface area contributed by atoms with Gasteiger partial charge in [0.1, 0.15) is 5.60 Å². The molecule has 0 spiro atoms. The SMILES string of the molecule is COC(=O)c1cnc(C(C)c2ccc(C(=O)OC(C)(C)C)cc2)c2ccccc12. The molecule has 29 heavy (non-hydrogen) atoms. The highest BCUT2D eigenvalue weighted by Gasteiger charge is 2.20. The molecule has 0 N–H and O–H groups in total. The molecule has 3 rings (SSSR count). The molecule has 0 amide bonds. The van der Waals surface area contributed by atoms with Crippen LogP contribution >= 0.6 is 0 Å². The monoisotopic (exact) mass is 391 g/mol. The molecule has 0 fully saturated rings. The van der Waals surface area contributed by atoms with Crippen LogP contribution in [0.15, 0.2) is 54.7 Å². The van der Waals surface area contributed by atoms with E-state index < -0.39 is 11.6 Å². The van der Waals surface area contributed by atoms with Crippen molar-refractivity contribution in [1.29, 1.82) is 0 Å². The number of rotatable bonds is 4. The van der Waals surface area contributed by atoms with Crippen LogP contribution in [0.4, 0.5) is 0 Å². The molecule has 0 radical (unpaired) electrons. The summed E-state index contributed by atoms with van der Waals surface area (Å²) < 4.78 is 10.3. The lowest BCUT2D eigenvalue weighted by molar-refractivity contribution is 0.00693. The van der Waals surface area contributed by atoms with E-state index in [1.54, 1.807) is 18.3 Å². The van der Waals surface area contributed by atoms with Gasteiger partial charge in [-0.05, 0) is 43.9 Å². The molecular formula is C24H25NO4. The van der Waals surface area contributed by atoms with Crippen LogP contribution in [0.2, 0.25) is 0 Å². The third-order valence-electron chi connectivity index (χ3n) is 4.69. The molecule has 0 saturated heterocycles. The molecule has 0 saturated carbocycles. The summed E-state index contributed by atoms with van der Waals surface area (Å²) in [6.45, 7) is 7.58. The molecule has 2 aromatic carbocycles. The summed E-state index contributed by atoms with van der Waals surface area (Å²) in [6, 6.07) is 15.0. The average Bonchev–Trinajstić information content (AvgIpc) is 2.70. The first-order valence-electron chi connectivity index (χ1n) is 9.50. The number of methoxy groups -OCH3 is 1. The zero-order valence-electron chi connectivity index (χ0n) is 17.4. The fourth-order valence-electron chi connectivity index (χ4n) is 3.23. The number of ether oxygens (including phenoxy) is 2. The Morgan fingerprint density at radius 1 is 0.931 bits per heavy atom. The standard InChI is InChI=1S/C24H25NO4/c1-15(16-10-12-17(13-11-16)22(26)29-24(2,3)4)21-19-9-7-6-8-18(19)20(14-25-21)23(27)28-5/h6-15H,1-5H3. The molecule has 1 aromatic heterocycles. The minimum atomic E-state index is -0.534. The van der Waals surface area contributed by atoms with Crippen molar-refractivity contribution in [3.05, 3.63) is 77.1 Å². The van der Waals surface area contributed by atoms with Crippen LogP contribution in [0.5, 0.6) is 0 Å². The summed E-state index contributed by atoms with van der Waals surface area (Å²) in [6.07, 6.45) is 1.56. The Bertz CT molecular complexity index is 1050. The minimum Gasteiger partial charge on any atom is -0.465 e. The van der Waals surface area contributed by atoms with Crippen molar-refractivity contribution in [3.63, 3.8) is 0 Å². The van der Waals surface area contributed by atoms with E-state index in [-0.39, 0.29) is 11.9 Å². The van der Waals surface area contributed by atoms with Crippen molar-refractivity contribution in [2.45, 2.75) is 39.2 Å². The van der Waals surface area contributed by atoms with Crippen molar-refractivity contribution in [2.75, 3.05) is 7.11 Å². The van der Waals surface area contributed by atoms with Gasteiger partial charge in [-0.1, -0.05) is 43.3 Å². The van der Waals surface area contributed by atoms with Crippen molar-refractivity contribution < 1.29 is 19.1 Å². The van der Waals surface area contributed by atoms with Crippen molar-refractivity contribution in [2.24, 2.45) is 0 Å². The topological polar surface area (TPSA) is 65.5 Å². The smallest absolute Gasteiger partial charge is 0.340 e. The highest BCUT2D eigenvalue weighted by molar-refractivity contribution is 6.04. The number of pyridine rings is 1. The maximum Gasteiger partial charge on any atom is 0.340 e. The second kappa shape index (κ2) is 8.03. The summed E-state index contributed by atoms with van der Waals surface area (Å²) >= 11 is 0. The lowest BCUT2D eigenvalue weighted by Gasteiger charge is -2.20. The van der Waals surface area contributed by atoms with Gasteiger partial charge >= 0.3 is 11.9 Å². The van der Waals surface area contributed by atoms with Gasteiger partial charge in [-0.2, -0.15) is 0 Å². The number of hydrogen-bond acceptors (Lipinski definition) is 5. The average molecular weight is 391 g/mol. The molecule has 3 aromatic rings. The molecular weight excluding hydrogens is 366 g/mol. The van der Waals surface area contributed by atoms with E-state index >= 15 is 0 Å². The van der Waals surface area contributed by atoms with Crippen LogP contribution < -0.4 is 0 Å². The number of nitrogens with zero attached hydrogens (tertiary/aromatic N) is 1. The molecule has 0 aliphatic carbocycles. The van der Waals surface area contributed by atoms with Crippen molar-refractivity contribution >= 4 is 22.7 Å². The first-order valence-corrected chi connectivity index (χ1v) is 9.50. The largest absolute Gasteiger partial charge is 0.465 e. The highest BCUT2D eigenvalue weighted by Crippen LogP contribution is 2.31. The molecule has 1 unspecified atom stereocenters. The Labute approximate surface area is 170 Å². The fraction of sp³-hybridized carbons (Fsp3) is 0.292. The van der Waals surface area contributed by atoms with E-state index in [9.17, 15) is 9.59 Å². The number of carbonyl (C=O) groups is 2. The molecule has 5 heteroatoms. The Balaban J connectivity index is 1.95. The molecule has 0 aliphatic rings. The summed E-state index contributed by atoms with van der Waals surface area (Å²) in [4.78, 5) is 28.9. The van der Waals surface area contributed by atoms with Crippen LogP contribution in [0, 0.1) is 0 Å². The number of esters is 2. The lowest BCUT2D eigenvalue weighted by atomic mass is 9.92. The number of aromatic nitrogens is 1. The molecule has 5 nitrogen and oxygen atoms in total. The first kappa shape index (κ1) is 20.5. The zero-order valence-corrected chi connectivity index (χ0v) is 17.4. The zero-order chi connectivity index (χ0) is 21.2. The number of hydrogen-bond donors (Lipinski definition) is 0. The summed E-state index contributed by atoms with van der Waals surface area (Å²) in [7, 11) is 1.36. The van der Waals surface area contributed by atoms with Crippen molar-refractivity contribution in [1.82, 2.24) is 4.98 Å². The lowest BCUT2D eigenvalue weighted by Crippen LogP contribution is -2.23. The molecule has 1 heterocycles. The van der Waals surface area contributed by atoms with E-state index in [0.717, 1.165) is 22.0 Å². The normalized spacial score (nSPS) is 12.4. The van der Waals surface area contributed by atoms with Gasteiger partial charge in [-0.25, -0.2) is 9.59 Å². The molecule has 0 bridgehead atoms. The van der Waals surface area contributed by atoms with Crippen LogP contribution in [0.1, 0.15) is 65.6 Å². The van der Waals surface area contributed by atoms with Crippen LogP contribution in [-0.2, 0) is 9.47 Å². The van der Waals surface area contributed by atoms with E-state index in [1.165, 1.54) is 7.11 Å². The maximum absolute atomic E-state index is 12.2. The van der Waals surface area contributed by atoms with E-state index in [2.05, 4.69) is 11.9 Å². The van der Waals surface area contributed by atoms with Gasteiger partial charge in [-0.15, -0.1) is 0 Å². The Kier molecular flexibility index (Phi) is 5.69. The maximum atomic E-state index is 12.2. The molecule has 0 aliphatic heterocycles. The van der Waals surface area contributed by atoms with E-state index in [0.29, 0.717) is 11.1 Å². The van der Waals surface area contributed by atoms with E-state index in [1.807, 2.05) is 57.2 Å². The Morgan fingerprint density at radius 3 is 2.14 bits per heavy atom. The second-order valence-corrected chi connectivity index (χ2v) is 7.94. The predicted molar refractivity (Wildman–Crippen MR) is 112 cm³/mol. The van der Waals surface area contributed by atoms with Gasteiger partial charge in [0.05, 0.1) is 23.9 Å². The van der Waals surface area contributed by atoms with Crippen LogP contribution in [0.3, 0.4) is 0 Å². The van der Waals surface area contributed by atoms with Gasteiger partial charge in [0.25, 0.3) is 0 Å². The Hall–Kier alpha value is -3.21. The first-order chi connectivity index (χ1) is 13.7. The predicted octanol–water partition coefficient (Wildman–Crippen LogP) is 5.13. The third kappa shape index (κ3) is 4.45. The van der Waals surface area contributed by atoms with Gasteiger partial charge in [-0.3, -0.25) is 4.98 Å². The number of carbonyl (C=O) groups excluding carboxylic acids is 2. The second-order valence-electron chi connectivity index (χ2n) is 7.94. The summed E-state index contributed by atoms with van der Waals surface area (Å²) in [5.41, 5.74) is 2.29. The third-order valence-corrected chi connectivity index (χ3v) is 4.69. The van der Waals surface area contributed by atoms with Gasteiger partial charge in [0.2, 0.25) is 0 Å². The minimum absolute atomic E-state index is 0.0284. The van der Waals surface area contributed by atoms with E-state index in [4.69, 9.17) is 9.47 Å². The fourth-order valence-corrected chi connectivity index (χ4v) is 3.23. The summed E-state index contributed by atoms with van der Waals surface area (Å²) in [5, 5.41) is 1.71. The quantitative estimate of drug-likeness (QED) is 0.577. The summed E-state index contributed by atoms with van der Waals surface area (Å²) in [5.74, 6) is -0.781. The number of fused-ring (bicyclic) bond motifs is 1. The number of benzene rings is 2. The Morgan fingerprint density at radius 2 is 1.55 bits per heavy atom.